The fourth-order valence-electron chi connectivity index (χ4n) is 3.62. The Kier molecular flexibility index (Phi) is 7.27. The standard InChI is InChI=1S/C21H20N2O11/c24-21(33-15-1-3-19(22(25)26)13(5-15)7-17-9-29-11-31-17)34-16-2-4-20(23(27)28)14(6-16)8-18-10-30-12-32-18/h1-6,17-18H,7-12H2. The van der Waals surface area contributed by atoms with Gasteiger partial charge in [-0.25, -0.2) is 4.79 Å². The van der Waals surface area contributed by atoms with Gasteiger partial charge in [0.1, 0.15) is 25.1 Å². The number of carbonyl (C=O) groups excluding carboxylic acids is 1. The summed E-state index contributed by atoms with van der Waals surface area (Å²) in [5, 5.41) is 22.7. The predicted octanol–water partition coefficient (Wildman–Crippen LogP) is 2.91. The molecule has 13 heteroatoms. The van der Waals surface area contributed by atoms with Crippen molar-refractivity contribution in [2.75, 3.05) is 26.8 Å². The molecular formula is C21H20N2O11. The first-order chi connectivity index (χ1) is 16.4. The summed E-state index contributed by atoms with van der Waals surface area (Å²) in [5.41, 5.74) is 0.327. The maximum Gasteiger partial charge on any atom is 0.519 e. The lowest BCUT2D eigenvalue weighted by Crippen LogP contribution is -2.17. The van der Waals surface area contributed by atoms with Gasteiger partial charge in [0, 0.05) is 36.1 Å². The summed E-state index contributed by atoms with van der Waals surface area (Å²) >= 11 is 0. The second kappa shape index (κ2) is 10.5. The van der Waals surface area contributed by atoms with Crippen molar-refractivity contribution in [2.45, 2.75) is 25.0 Å². The fourth-order valence-corrected chi connectivity index (χ4v) is 3.62. The molecule has 180 valence electrons. The van der Waals surface area contributed by atoms with Crippen molar-refractivity contribution in [1.29, 1.82) is 0 Å². The van der Waals surface area contributed by atoms with Crippen LogP contribution in [0.25, 0.3) is 0 Å². The Morgan fingerprint density at radius 2 is 1.26 bits per heavy atom. The molecule has 0 saturated carbocycles. The Morgan fingerprint density at radius 3 is 1.62 bits per heavy atom. The number of nitro benzene ring substituents is 2. The van der Waals surface area contributed by atoms with E-state index in [1.165, 1.54) is 36.4 Å². The SMILES string of the molecule is O=C(Oc1ccc([N+](=O)[O-])c(CC2COCO2)c1)Oc1ccc([N+](=O)[O-])c(CC2COCO2)c1. The molecular weight excluding hydrogens is 456 g/mol. The summed E-state index contributed by atoms with van der Waals surface area (Å²) in [5.74, 6) is 0.0614. The zero-order valence-electron chi connectivity index (χ0n) is 17.7. The summed E-state index contributed by atoms with van der Waals surface area (Å²) in [6.45, 7) is 0.811. The summed E-state index contributed by atoms with van der Waals surface area (Å²) < 4.78 is 31.2. The van der Waals surface area contributed by atoms with Crippen LogP contribution in [0.2, 0.25) is 0 Å². The lowest BCUT2D eigenvalue weighted by molar-refractivity contribution is -0.385. The van der Waals surface area contributed by atoms with Gasteiger partial charge in [0.15, 0.2) is 0 Å². The molecule has 2 atom stereocenters. The van der Waals surface area contributed by atoms with E-state index in [1.807, 2.05) is 0 Å². The molecule has 0 spiro atoms. The van der Waals surface area contributed by atoms with Crippen molar-refractivity contribution < 1.29 is 43.1 Å². The normalized spacial score (nSPS) is 19.6. The first-order valence-corrected chi connectivity index (χ1v) is 10.2. The molecule has 2 aromatic rings. The van der Waals surface area contributed by atoms with E-state index >= 15 is 0 Å². The highest BCUT2D eigenvalue weighted by atomic mass is 16.7. The van der Waals surface area contributed by atoms with Gasteiger partial charge in [-0.05, 0) is 24.3 Å². The van der Waals surface area contributed by atoms with Gasteiger partial charge in [-0.15, -0.1) is 0 Å². The van der Waals surface area contributed by atoms with Gasteiger partial charge in [-0.3, -0.25) is 20.2 Å². The van der Waals surface area contributed by atoms with Gasteiger partial charge in [0.25, 0.3) is 11.4 Å². The molecule has 0 aromatic heterocycles. The molecule has 2 heterocycles. The largest absolute Gasteiger partial charge is 0.519 e. The lowest BCUT2D eigenvalue weighted by Gasteiger charge is -2.11. The summed E-state index contributed by atoms with van der Waals surface area (Å²) in [6.07, 6.45) is -1.43. The van der Waals surface area contributed by atoms with E-state index < -0.39 is 16.0 Å². The monoisotopic (exact) mass is 476 g/mol. The molecule has 0 radical (unpaired) electrons. The number of nitrogens with zero attached hydrogens (tertiary/aromatic N) is 2. The van der Waals surface area contributed by atoms with Crippen LogP contribution < -0.4 is 9.47 Å². The van der Waals surface area contributed by atoms with Gasteiger partial charge in [-0.2, -0.15) is 0 Å². The third kappa shape index (κ3) is 5.82. The molecule has 4 rings (SSSR count). The Morgan fingerprint density at radius 1 is 0.824 bits per heavy atom. The van der Waals surface area contributed by atoms with Gasteiger partial charge in [0.2, 0.25) is 0 Å². The van der Waals surface area contributed by atoms with Gasteiger partial charge < -0.3 is 28.4 Å². The number of rotatable bonds is 8. The maximum atomic E-state index is 12.3. The van der Waals surface area contributed by atoms with Gasteiger partial charge in [-0.1, -0.05) is 0 Å². The third-order valence-electron chi connectivity index (χ3n) is 5.17. The van der Waals surface area contributed by atoms with Crippen molar-refractivity contribution in [3.05, 3.63) is 67.8 Å². The number of nitro groups is 2. The first kappa shape index (κ1) is 23.5. The van der Waals surface area contributed by atoms with E-state index in [0.717, 1.165) is 0 Å². The van der Waals surface area contributed by atoms with E-state index in [2.05, 4.69) is 0 Å². The van der Waals surface area contributed by atoms with Crippen LogP contribution in [0.15, 0.2) is 36.4 Å². The van der Waals surface area contributed by atoms with Crippen LogP contribution in [0.3, 0.4) is 0 Å². The van der Waals surface area contributed by atoms with Crippen molar-refractivity contribution in [2.24, 2.45) is 0 Å². The van der Waals surface area contributed by atoms with Crippen LogP contribution in [0.4, 0.5) is 16.2 Å². The molecule has 2 aromatic carbocycles. The third-order valence-corrected chi connectivity index (χ3v) is 5.17. The van der Waals surface area contributed by atoms with Crippen LogP contribution in [0, 0.1) is 20.2 Å². The zero-order valence-corrected chi connectivity index (χ0v) is 17.7. The molecule has 0 bridgehead atoms. The lowest BCUT2D eigenvalue weighted by atomic mass is 10.1. The van der Waals surface area contributed by atoms with E-state index in [4.69, 9.17) is 28.4 Å². The van der Waals surface area contributed by atoms with E-state index in [9.17, 15) is 25.0 Å². The summed E-state index contributed by atoms with van der Waals surface area (Å²) in [6, 6.07) is 7.71. The van der Waals surface area contributed by atoms with E-state index in [-0.39, 0.29) is 61.5 Å². The van der Waals surface area contributed by atoms with Crippen molar-refractivity contribution in [3.8, 4) is 11.5 Å². The van der Waals surface area contributed by atoms with Crippen LogP contribution in [0.1, 0.15) is 11.1 Å². The average Bonchev–Trinajstić information content (AvgIpc) is 3.48. The van der Waals surface area contributed by atoms with Crippen LogP contribution in [0.5, 0.6) is 11.5 Å². The highest BCUT2D eigenvalue weighted by Gasteiger charge is 2.25. The molecule has 2 fully saturated rings. The number of hydrogen-bond donors (Lipinski definition) is 0. The van der Waals surface area contributed by atoms with Crippen molar-refractivity contribution in [3.63, 3.8) is 0 Å². The smallest absolute Gasteiger partial charge is 0.395 e. The topological polar surface area (TPSA) is 159 Å². The summed E-state index contributed by atoms with van der Waals surface area (Å²) in [7, 11) is 0. The maximum absolute atomic E-state index is 12.3. The Hall–Kier alpha value is -3.65. The fraction of sp³-hybridized carbons (Fsp3) is 0.381. The highest BCUT2D eigenvalue weighted by Crippen LogP contribution is 2.29. The van der Waals surface area contributed by atoms with Gasteiger partial charge in [0.05, 0.1) is 35.3 Å². The molecule has 34 heavy (non-hydrogen) atoms. The number of ether oxygens (including phenoxy) is 6. The Balaban J connectivity index is 1.46. The molecule has 13 nitrogen and oxygen atoms in total. The first-order valence-electron chi connectivity index (χ1n) is 10.2. The summed E-state index contributed by atoms with van der Waals surface area (Å²) in [4.78, 5) is 33.9. The van der Waals surface area contributed by atoms with Crippen molar-refractivity contribution >= 4 is 17.5 Å². The minimum absolute atomic E-state index is 0.0307. The molecule has 2 aliphatic heterocycles. The van der Waals surface area contributed by atoms with Crippen LogP contribution in [-0.4, -0.2) is 55.0 Å². The minimum Gasteiger partial charge on any atom is -0.395 e. The second-order valence-electron chi connectivity index (χ2n) is 7.51. The van der Waals surface area contributed by atoms with Crippen molar-refractivity contribution in [1.82, 2.24) is 0 Å². The van der Waals surface area contributed by atoms with Crippen LogP contribution in [-0.2, 0) is 31.8 Å². The molecule has 2 saturated heterocycles. The van der Waals surface area contributed by atoms with E-state index in [1.54, 1.807) is 0 Å². The number of benzene rings is 2. The predicted molar refractivity (Wildman–Crippen MR) is 112 cm³/mol. The Labute approximate surface area is 192 Å². The minimum atomic E-state index is -1.11. The highest BCUT2D eigenvalue weighted by molar-refractivity contribution is 5.68. The molecule has 0 N–H and O–H groups in total. The average molecular weight is 476 g/mol. The quantitative estimate of drug-likeness (QED) is 0.239. The molecule has 0 aliphatic carbocycles. The van der Waals surface area contributed by atoms with Crippen LogP contribution >= 0.6 is 0 Å². The molecule has 2 unspecified atom stereocenters. The molecule has 0 amide bonds. The van der Waals surface area contributed by atoms with E-state index in [0.29, 0.717) is 24.3 Å². The second-order valence-corrected chi connectivity index (χ2v) is 7.51. The van der Waals surface area contributed by atoms with Gasteiger partial charge >= 0.3 is 6.16 Å². The number of hydrogen-bond acceptors (Lipinski definition) is 11. The zero-order chi connectivity index (χ0) is 24.1. The number of carbonyl (C=O) groups is 1. The Bertz CT molecular complexity index is 995. The molecule has 2 aliphatic rings.